The van der Waals surface area contributed by atoms with Crippen molar-refractivity contribution in [3.8, 4) is 0 Å². The number of carbonyl (C=O) groups excluding carboxylic acids is 1. The standard InChI is InChI=1S/C43H83NO4/c1-3-5-7-9-11-13-15-17-19-21-22-24-25-27-29-31-33-35-37-41(46)40(39-45)44-43(48)42(47)38-36-34-32-30-28-26-23-20-18-16-14-12-10-8-6-4-2/h27,29,35,37,40-42,45-47H,3-26,28,30-34,36,38-39H2,1-2H3,(H,44,48)/b29-27+,37-35+. The first-order chi connectivity index (χ1) is 23.6. The second kappa shape index (κ2) is 38.6. The van der Waals surface area contributed by atoms with E-state index in [1.807, 2.05) is 6.08 Å². The maximum atomic E-state index is 12.4. The van der Waals surface area contributed by atoms with E-state index < -0.39 is 24.2 Å². The van der Waals surface area contributed by atoms with Gasteiger partial charge < -0.3 is 20.6 Å². The minimum atomic E-state index is -1.10. The number of unbranched alkanes of at least 4 members (excludes halogenated alkanes) is 28. The maximum Gasteiger partial charge on any atom is 0.249 e. The van der Waals surface area contributed by atoms with Crippen molar-refractivity contribution < 1.29 is 20.1 Å². The van der Waals surface area contributed by atoms with Crippen LogP contribution in [-0.4, -0.2) is 46.1 Å². The van der Waals surface area contributed by atoms with Gasteiger partial charge in [-0.1, -0.05) is 212 Å². The summed E-state index contributed by atoms with van der Waals surface area (Å²) >= 11 is 0. The molecule has 0 saturated heterocycles. The maximum absolute atomic E-state index is 12.4. The predicted molar refractivity (Wildman–Crippen MR) is 208 cm³/mol. The molecule has 0 heterocycles. The van der Waals surface area contributed by atoms with Crippen molar-refractivity contribution in [2.45, 2.75) is 238 Å². The molecular formula is C43H83NO4. The highest BCUT2D eigenvalue weighted by Crippen LogP contribution is 2.15. The van der Waals surface area contributed by atoms with Crippen LogP contribution in [0.5, 0.6) is 0 Å². The van der Waals surface area contributed by atoms with Crippen molar-refractivity contribution in [2.75, 3.05) is 6.61 Å². The van der Waals surface area contributed by atoms with Gasteiger partial charge in [0.25, 0.3) is 0 Å². The van der Waals surface area contributed by atoms with Crippen LogP contribution >= 0.6 is 0 Å². The van der Waals surface area contributed by atoms with Crippen LogP contribution in [0.2, 0.25) is 0 Å². The third-order valence-electron chi connectivity index (χ3n) is 9.79. The van der Waals surface area contributed by atoms with Crippen LogP contribution in [0, 0.1) is 0 Å². The number of hydrogen-bond acceptors (Lipinski definition) is 4. The van der Waals surface area contributed by atoms with Crippen LogP contribution in [0.1, 0.15) is 219 Å². The van der Waals surface area contributed by atoms with Crippen molar-refractivity contribution in [1.29, 1.82) is 0 Å². The van der Waals surface area contributed by atoms with E-state index in [-0.39, 0.29) is 6.61 Å². The summed E-state index contributed by atoms with van der Waals surface area (Å²) in [6, 6.07) is -0.810. The largest absolute Gasteiger partial charge is 0.394 e. The van der Waals surface area contributed by atoms with Crippen LogP contribution in [0.15, 0.2) is 24.3 Å². The summed E-state index contributed by atoms with van der Waals surface area (Å²) < 4.78 is 0. The minimum Gasteiger partial charge on any atom is -0.394 e. The van der Waals surface area contributed by atoms with Gasteiger partial charge in [-0.2, -0.15) is 0 Å². The highest BCUT2D eigenvalue weighted by molar-refractivity contribution is 5.80. The van der Waals surface area contributed by atoms with Gasteiger partial charge in [0.2, 0.25) is 5.91 Å². The quantitative estimate of drug-likeness (QED) is 0.0387. The fourth-order valence-electron chi connectivity index (χ4n) is 6.44. The molecule has 4 N–H and O–H groups in total. The van der Waals surface area contributed by atoms with Crippen molar-refractivity contribution in [3.63, 3.8) is 0 Å². The summed E-state index contributed by atoms with van der Waals surface area (Å²) in [4.78, 5) is 12.4. The van der Waals surface area contributed by atoms with Crippen LogP contribution in [0.4, 0.5) is 0 Å². The molecule has 284 valence electrons. The summed E-state index contributed by atoms with van der Waals surface area (Å²) in [7, 11) is 0. The fourth-order valence-corrected chi connectivity index (χ4v) is 6.44. The van der Waals surface area contributed by atoms with E-state index in [1.54, 1.807) is 6.08 Å². The molecule has 48 heavy (non-hydrogen) atoms. The molecule has 5 nitrogen and oxygen atoms in total. The van der Waals surface area contributed by atoms with E-state index in [2.05, 4.69) is 31.3 Å². The molecule has 0 fully saturated rings. The number of carbonyl (C=O) groups is 1. The van der Waals surface area contributed by atoms with Gasteiger partial charge in [-0.3, -0.25) is 4.79 Å². The molecule has 3 unspecified atom stereocenters. The lowest BCUT2D eigenvalue weighted by Gasteiger charge is -2.21. The number of rotatable bonds is 38. The van der Waals surface area contributed by atoms with Gasteiger partial charge in [-0.25, -0.2) is 0 Å². The molecule has 3 atom stereocenters. The van der Waals surface area contributed by atoms with E-state index in [4.69, 9.17) is 0 Å². The Morgan fingerprint density at radius 2 is 0.854 bits per heavy atom. The number of amides is 1. The average Bonchev–Trinajstić information content (AvgIpc) is 3.09. The molecule has 0 aliphatic heterocycles. The Morgan fingerprint density at radius 1 is 0.500 bits per heavy atom. The van der Waals surface area contributed by atoms with Gasteiger partial charge in [0, 0.05) is 0 Å². The topological polar surface area (TPSA) is 89.8 Å². The van der Waals surface area contributed by atoms with Crippen LogP contribution in [-0.2, 0) is 4.79 Å². The Balaban J connectivity index is 3.72. The molecule has 1 amide bonds. The van der Waals surface area contributed by atoms with Crippen molar-refractivity contribution in [3.05, 3.63) is 24.3 Å². The Morgan fingerprint density at radius 3 is 1.27 bits per heavy atom. The SMILES string of the molecule is CCCCCCCCCCCCCC/C=C/CC/C=C/C(O)C(CO)NC(=O)C(O)CCCCCCCCCCCCCCCCCC. The van der Waals surface area contributed by atoms with Crippen LogP contribution < -0.4 is 5.32 Å². The molecule has 0 spiro atoms. The summed E-state index contributed by atoms with van der Waals surface area (Å²) in [5.74, 6) is -0.511. The zero-order chi connectivity index (χ0) is 35.2. The van der Waals surface area contributed by atoms with Gasteiger partial charge in [0.15, 0.2) is 0 Å². The molecule has 0 aromatic carbocycles. The molecular weight excluding hydrogens is 594 g/mol. The molecule has 0 saturated carbocycles. The summed E-state index contributed by atoms with van der Waals surface area (Å²) in [6.07, 6.45) is 46.3. The van der Waals surface area contributed by atoms with Crippen LogP contribution in [0.25, 0.3) is 0 Å². The number of aliphatic hydroxyl groups is 3. The third-order valence-corrected chi connectivity index (χ3v) is 9.79. The smallest absolute Gasteiger partial charge is 0.249 e. The normalized spacial score (nSPS) is 13.9. The lowest BCUT2D eigenvalue weighted by Crippen LogP contribution is -2.48. The zero-order valence-electron chi connectivity index (χ0n) is 32.1. The number of hydrogen-bond donors (Lipinski definition) is 4. The Bertz CT molecular complexity index is 709. The minimum absolute atomic E-state index is 0.373. The third kappa shape index (κ3) is 33.3. The number of nitrogens with one attached hydrogen (secondary N) is 1. The van der Waals surface area contributed by atoms with E-state index in [0.29, 0.717) is 6.42 Å². The Kier molecular flexibility index (Phi) is 37.7. The fraction of sp³-hybridized carbons (Fsp3) is 0.884. The second-order valence-electron chi connectivity index (χ2n) is 14.6. The first-order valence-corrected chi connectivity index (χ1v) is 21.2. The van der Waals surface area contributed by atoms with Gasteiger partial charge in [-0.15, -0.1) is 0 Å². The molecule has 0 aromatic rings. The Hall–Kier alpha value is -1.17. The first-order valence-electron chi connectivity index (χ1n) is 21.2. The molecule has 0 bridgehead atoms. The lowest BCUT2D eigenvalue weighted by molar-refractivity contribution is -0.131. The lowest BCUT2D eigenvalue weighted by atomic mass is 10.0. The van der Waals surface area contributed by atoms with Gasteiger partial charge >= 0.3 is 0 Å². The van der Waals surface area contributed by atoms with Crippen molar-refractivity contribution in [1.82, 2.24) is 5.32 Å². The molecule has 0 rings (SSSR count). The van der Waals surface area contributed by atoms with Gasteiger partial charge in [0.05, 0.1) is 18.8 Å². The van der Waals surface area contributed by atoms with Gasteiger partial charge in [-0.05, 0) is 32.1 Å². The number of aliphatic hydroxyl groups excluding tert-OH is 3. The van der Waals surface area contributed by atoms with Crippen molar-refractivity contribution in [2.24, 2.45) is 0 Å². The molecule has 5 heteroatoms. The average molecular weight is 678 g/mol. The van der Waals surface area contributed by atoms with E-state index in [0.717, 1.165) is 38.5 Å². The summed E-state index contributed by atoms with van der Waals surface area (Å²) in [5, 5.41) is 33.1. The molecule has 0 aromatic heterocycles. The summed E-state index contributed by atoms with van der Waals surface area (Å²) in [5.41, 5.74) is 0. The predicted octanol–water partition coefficient (Wildman–Crippen LogP) is 11.8. The Labute approximate surface area is 299 Å². The highest BCUT2D eigenvalue weighted by Gasteiger charge is 2.22. The highest BCUT2D eigenvalue weighted by atomic mass is 16.3. The molecule has 0 radical (unpaired) electrons. The van der Waals surface area contributed by atoms with Crippen LogP contribution in [0.3, 0.4) is 0 Å². The number of allylic oxidation sites excluding steroid dienone is 3. The zero-order valence-corrected chi connectivity index (χ0v) is 32.1. The van der Waals surface area contributed by atoms with E-state index in [1.165, 1.54) is 161 Å². The van der Waals surface area contributed by atoms with E-state index in [9.17, 15) is 20.1 Å². The molecule has 0 aliphatic carbocycles. The summed E-state index contributed by atoms with van der Waals surface area (Å²) in [6.45, 7) is 4.17. The molecule has 0 aliphatic rings. The second-order valence-corrected chi connectivity index (χ2v) is 14.6. The van der Waals surface area contributed by atoms with Gasteiger partial charge in [0.1, 0.15) is 6.10 Å². The monoisotopic (exact) mass is 678 g/mol. The van der Waals surface area contributed by atoms with E-state index >= 15 is 0 Å². The first kappa shape index (κ1) is 46.8. The van der Waals surface area contributed by atoms with Crippen molar-refractivity contribution >= 4 is 5.91 Å².